The van der Waals surface area contributed by atoms with E-state index in [-0.39, 0.29) is 0 Å². The topological polar surface area (TPSA) is 71.8 Å². The second-order valence-electron chi connectivity index (χ2n) is 7.12. The van der Waals surface area contributed by atoms with Crippen LogP contribution in [0.15, 0.2) is 36.8 Å². The van der Waals surface area contributed by atoms with Gasteiger partial charge in [0.25, 0.3) is 0 Å². The number of pyridine rings is 1. The summed E-state index contributed by atoms with van der Waals surface area (Å²) in [7, 11) is 1.95. The van der Waals surface area contributed by atoms with Gasteiger partial charge in [-0.1, -0.05) is 6.07 Å². The number of aromatic nitrogens is 5. The summed E-state index contributed by atoms with van der Waals surface area (Å²) in [6.45, 7) is 6.09. The molecule has 0 aliphatic carbocycles. The third-order valence-corrected chi connectivity index (χ3v) is 5.10. The maximum Gasteiger partial charge on any atom is 0.180 e. The van der Waals surface area contributed by atoms with Gasteiger partial charge in [-0.15, -0.1) is 0 Å². The molecule has 4 heterocycles. The molecule has 0 radical (unpaired) electrons. The van der Waals surface area contributed by atoms with Crippen LogP contribution < -0.4 is 10.2 Å². The zero-order chi connectivity index (χ0) is 18.8. The zero-order valence-corrected chi connectivity index (χ0v) is 16.1. The van der Waals surface area contributed by atoms with Crippen molar-refractivity contribution in [2.24, 2.45) is 7.05 Å². The van der Waals surface area contributed by atoms with Gasteiger partial charge in [0.2, 0.25) is 0 Å². The highest BCUT2D eigenvalue weighted by molar-refractivity contribution is 5.56. The number of nitrogens with zero attached hydrogens (tertiary/aromatic N) is 6. The van der Waals surface area contributed by atoms with E-state index in [2.05, 4.69) is 38.4 Å². The summed E-state index contributed by atoms with van der Waals surface area (Å²) in [5.41, 5.74) is 4.04. The Bertz CT molecular complexity index is 919. The lowest BCUT2D eigenvalue weighted by Gasteiger charge is -2.34. The van der Waals surface area contributed by atoms with Crippen molar-refractivity contribution < 1.29 is 0 Å². The monoisotopic (exact) mass is 363 g/mol. The Morgan fingerprint density at radius 2 is 2.07 bits per heavy atom. The average molecular weight is 363 g/mol. The quantitative estimate of drug-likeness (QED) is 0.768. The van der Waals surface area contributed by atoms with E-state index in [9.17, 15) is 0 Å². The molecule has 0 amide bonds. The van der Waals surface area contributed by atoms with Crippen LogP contribution in [0, 0.1) is 13.8 Å². The first kappa shape index (κ1) is 17.5. The van der Waals surface area contributed by atoms with Crippen LogP contribution in [-0.2, 0) is 7.05 Å². The second-order valence-corrected chi connectivity index (χ2v) is 7.12. The van der Waals surface area contributed by atoms with Crippen molar-refractivity contribution in [3.63, 3.8) is 0 Å². The molecule has 0 spiro atoms. The van der Waals surface area contributed by atoms with E-state index in [0.717, 1.165) is 48.7 Å². The van der Waals surface area contributed by atoms with Gasteiger partial charge in [-0.2, -0.15) is 5.10 Å². The third kappa shape index (κ3) is 3.77. The van der Waals surface area contributed by atoms with Crippen LogP contribution in [0.4, 0.5) is 11.5 Å². The Hall–Kier alpha value is -2.96. The minimum Gasteiger partial charge on any atom is -0.367 e. The van der Waals surface area contributed by atoms with E-state index in [1.165, 1.54) is 5.69 Å². The summed E-state index contributed by atoms with van der Waals surface area (Å²) < 4.78 is 1.85. The molecule has 27 heavy (non-hydrogen) atoms. The van der Waals surface area contributed by atoms with Crippen LogP contribution in [0.5, 0.6) is 0 Å². The Kier molecular flexibility index (Phi) is 4.75. The Labute approximate surface area is 159 Å². The molecule has 140 valence electrons. The minimum atomic E-state index is 0.337. The molecule has 1 aliphatic heterocycles. The third-order valence-electron chi connectivity index (χ3n) is 5.10. The largest absolute Gasteiger partial charge is 0.367 e. The second kappa shape index (κ2) is 7.34. The first-order valence-electron chi connectivity index (χ1n) is 9.37. The molecule has 1 N–H and O–H groups in total. The normalized spacial score (nSPS) is 17.1. The summed E-state index contributed by atoms with van der Waals surface area (Å²) in [4.78, 5) is 16.2. The highest BCUT2D eigenvalue weighted by Crippen LogP contribution is 2.24. The van der Waals surface area contributed by atoms with Crippen molar-refractivity contribution in [2.75, 3.05) is 23.3 Å². The molecule has 1 saturated heterocycles. The summed E-state index contributed by atoms with van der Waals surface area (Å²) in [6, 6.07) is 6.14. The van der Waals surface area contributed by atoms with Gasteiger partial charge >= 0.3 is 0 Å². The SMILES string of the molecule is Cc1nc(-c2ccccn2)nc(NC2CCCN(c3cnn(C)c3)C2)c1C. The van der Waals surface area contributed by atoms with Gasteiger partial charge in [-0.3, -0.25) is 9.67 Å². The zero-order valence-electron chi connectivity index (χ0n) is 16.1. The van der Waals surface area contributed by atoms with Gasteiger partial charge in [-0.25, -0.2) is 9.97 Å². The predicted octanol–water partition coefficient (Wildman–Crippen LogP) is 2.97. The summed E-state index contributed by atoms with van der Waals surface area (Å²) in [5.74, 6) is 1.57. The number of hydrogen-bond acceptors (Lipinski definition) is 6. The van der Waals surface area contributed by atoms with Crippen LogP contribution in [0.25, 0.3) is 11.5 Å². The first-order valence-corrected chi connectivity index (χ1v) is 9.37. The molecule has 0 saturated carbocycles. The lowest BCUT2D eigenvalue weighted by atomic mass is 10.0. The fourth-order valence-corrected chi connectivity index (χ4v) is 3.47. The molecule has 3 aromatic heterocycles. The van der Waals surface area contributed by atoms with Crippen molar-refractivity contribution in [1.82, 2.24) is 24.7 Å². The van der Waals surface area contributed by atoms with Gasteiger partial charge < -0.3 is 10.2 Å². The summed E-state index contributed by atoms with van der Waals surface area (Å²) >= 11 is 0. The molecular formula is C20H25N7. The predicted molar refractivity (Wildman–Crippen MR) is 107 cm³/mol. The number of anilines is 2. The van der Waals surface area contributed by atoms with E-state index in [1.807, 2.05) is 43.0 Å². The molecule has 1 aliphatic rings. The van der Waals surface area contributed by atoms with Crippen LogP contribution in [0.3, 0.4) is 0 Å². The molecule has 7 heteroatoms. The lowest BCUT2D eigenvalue weighted by molar-refractivity contribution is 0.528. The molecule has 1 atom stereocenters. The highest BCUT2D eigenvalue weighted by atomic mass is 15.3. The number of rotatable bonds is 4. The smallest absolute Gasteiger partial charge is 0.180 e. The molecular weight excluding hydrogens is 338 g/mol. The van der Waals surface area contributed by atoms with Gasteiger partial charge in [-0.05, 0) is 38.8 Å². The van der Waals surface area contributed by atoms with E-state index in [4.69, 9.17) is 4.98 Å². The Morgan fingerprint density at radius 3 is 2.81 bits per heavy atom. The maximum absolute atomic E-state index is 4.78. The Balaban J connectivity index is 1.55. The van der Waals surface area contributed by atoms with Crippen molar-refractivity contribution >= 4 is 11.5 Å². The molecule has 7 nitrogen and oxygen atoms in total. The van der Waals surface area contributed by atoms with E-state index < -0.39 is 0 Å². The fourth-order valence-electron chi connectivity index (χ4n) is 3.47. The summed E-state index contributed by atoms with van der Waals surface area (Å²) in [6.07, 6.45) is 8.04. The maximum atomic E-state index is 4.78. The van der Waals surface area contributed by atoms with Gasteiger partial charge in [0.15, 0.2) is 5.82 Å². The van der Waals surface area contributed by atoms with Gasteiger partial charge in [0.05, 0.1) is 11.9 Å². The van der Waals surface area contributed by atoms with Crippen LogP contribution in [-0.4, -0.2) is 43.9 Å². The molecule has 0 aromatic carbocycles. The van der Waals surface area contributed by atoms with Gasteiger partial charge in [0, 0.05) is 49.8 Å². The van der Waals surface area contributed by atoms with E-state index in [1.54, 1.807) is 6.20 Å². The van der Waals surface area contributed by atoms with Crippen molar-refractivity contribution in [3.05, 3.63) is 48.0 Å². The number of hydrogen-bond donors (Lipinski definition) is 1. The minimum absolute atomic E-state index is 0.337. The lowest BCUT2D eigenvalue weighted by Crippen LogP contribution is -2.42. The number of aryl methyl sites for hydroxylation is 2. The molecule has 1 fully saturated rings. The molecule has 4 rings (SSSR count). The Morgan fingerprint density at radius 1 is 1.19 bits per heavy atom. The van der Waals surface area contributed by atoms with Crippen molar-refractivity contribution in [2.45, 2.75) is 32.7 Å². The average Bonchev–Trinajstić information content (AvgIpc) is 3.13. The van der Waals surface area contributed by atoms with Crippen LogP contribution in [0.1, 0.15) is 24.1 Å². The standard InChI is InChI=1S/C20H25N7/c1-14-15(2)23-20(18-8-4-5-9-21-18)25-19(14)24-16-7-6-10-27(12-16)17-11-22-26(3)13-17/h4-5,8-9,11,13,16H,6-7,10,12H2,1-3H3,(H,23,24,25). The first-order chi connectivity index (χ1) is 13.1. The van der Waals surface area contributed by atoms with Crippen molar-refractivity contribution in [3.8, 4) is 11.5 Å². The highest BCUT2D eigenvalue weighted by Gasteiger charge is 2.22. The number of piperidine rings is 1. The molecule has 3 aromatic rings. The van der Waals surface area contributed by atoms with Crippen LogP contribution >= 0.6 is 0 Å². The van der Waals surface area contributed by atoms with Crippen LogP contribution in [0.2, 0.25) is 0 Å². The molecule has 1 unspecified atom stereocenters. The van der Waals surface area contributed by atoms with Crippen molar-refractivity contribution in [1.29, 1.82) is 0 Å². The summed E-state index contributed by atoms with van der Waals surface area (Å²) in [5, 5.41) is 7.96. The fraction of sp³-hybridized carbons (Fsp3) is 0.400. The number of nitrogens with one attached hydrogen (secondary N) is 1. The molecule has 0 bridgehead atoms. The van der Waals surface area contributed by atoms with Gasteiger partial charge in [0.1, 0.15) is 11.5 Å². The van der Waals surface area contributed by atoms with E-state index in [0.29, 0.717) is 11.9 Å². The van der Waals surface area contributed by atoms with E-state index >= 15 is 0 Å².